The van der Waals surface area contributed by atoms with Gasteiger partial charge in [0.1, 0.15) is 23.5 Å². The summed E-state index contributed by atoms with van der Waals surface area (Å²) in [6.07, 6.45) is 4.93. The number of nitrogens with zero attached hydrogens (tertiary/aromatic N) is 6. The zero-order valence-corrected chi connectivity index (χ0v) is 19.3. The van der Waals surface area contributed by atoms with Crippen molar-refractivity contribution in [1.29, 1.82) is 0 Å². The summed E-state index contributed by atoms with van der Waals surface area (Å²) in [7, 11) is 1.54. The standard InChI is InChI=1S/C24H23F2N7O2/c1-24(2,34)12-28-23-31-21-19(33(23)11-14-6-15(25)8-16(26)7-14)9-17(10-27-21)32-5-4-18-20(32)22(35-3)30-13-29-18/h4-10,13,34H,11-12H2,1-3H3,(H,27,28,31). The van der Waals surface area contributed by atoms with Gasteiger partial charge in [-0.2, -0.15) is 9.97 Å². The number of nitrogens with one attached hydrogen (secondary N) is 1. The van der Waals surface area contributed by atoms with Gasteiger partial charge in [-0.3, -0.25) is 0 Å². The van der Waals surface area contributed by atoms with Crippen LogP contribution >= 0.6 is 0 Å². The molecule has 0 fully saturated rings. The molecule has 0 saturated heterocycles. The van der Waals surface area contributed by atoms with Crippen LogP contribution in [-0.2, 0) is 6.54 Å². The van der Waals surface area contributed by atoms with Crippen LogP contribution in [-0.4, -0.2) is 53.4 Å². The molecule has 4 heterocycles. The highest BCUT2D eigenvalue weighted by Crippen LogP contribution is 2.28. The van der Waals surface area contributed by atoms with Gasteiger partial charge in [0.25, 0.3) is 0 Å². The van der Waals surface area contributed by atoms with Crippen molar-refractivity contribution in [2.24, 2.45) is 0 Å². The van der Waals surface area contributed by atoms with Crippen molar-refractivity contribution in [3.8, 4) is 11.6 Å². The first-order chi connectivity index (χ1) is 16.7. The van der Waals surface area contributed by atoms with E-state index in [1.165, 1.54) is 25.6 Å². The van der Waals surface area contributed by atoms with Crippen molar-refractivity contribution in [2.75, 3.05) is 19.0 Å². The monoisotopic (exact) mass is 479 g/mol. The summed E-state index contributed by atoms with van der Waals surface area (Å²) in [5.74, 6) is -0.508. The first-order valence-electron chi connectivity index (χ1n) is 10.9. The smallest absolute Gasteiger partial charge is 0.241 e. The van der Waals surface area contributed by atoms with Crippen molar-refractivity contribution >= 4 is 28.1 Å². The van der Waals surface area contributed by atoms with Gasteiger partial charge >= 0.3 is 0 Å². The number of rotatable bonds is 7. The maximum absolute atomic E-state index is 13.9. The van der Waals surface area contributed by atoms with Crippen LogP contribution in [0.15, 0.2) is 49.1 Å². The van der Waals surface area contributed by atoms with Crippen LogP contribution in [0, 0.1) is 11.6 Å². The Bertz CT molecular complexity index is 1520. The number of imidazole rings is 1. The highest BCUT2D eigenvalue weighted by atomic mass is 19.1. The Morgan fingerprint density at radius 2 is 1.86 bits per heavy atom. The second-order valence-electron chi connectivity index (χ2n) is 8.80. The first-order valence-corrected chi connectivity index (χ1v) is 10.9. The highest BCUT2D eigenvalue weighted by Gasteiger charge is 2.19. The number of hydrogen-bond acceptors (Lipinski definition) is 7. The summed E-state index contributed by atoms with van der Waals surface area (Å²) in [4.78, 5) is 17.6. The quantitative estimate of drug-likeness (QED) is 0.367. The predicted molar refractivity (Wildman–Crippen MR) is 127 cm³/mol. The molecule has 0 aliphatic rings. The second-order valence-corrected chi connectivity index (χ2v) is 8.80. The molecule has 0 unspecified atom stereocenters. The molecule has 11 heteroatoms. The number of benzene rings is 1. The summed E-state index contributed by atoms with van der Waals surface area (Å²) in [6.45, 7) is 3.66. The third kappa shape index (κ3) is 4.50. The first kappa shape index (κ1) is 22.7. The summed E-state index contributed by atoms with van der Waals surface area (Å²) in [5.41, 5.74) is 2.54. The molecule has 0 bridgehead atoms. The summed E-state index contributed by atoms with van der Waals surface area (Å²) >= 11 is 0. The fourth-order valence-electron chi connectivity index (χ4n) is 3.91. The van der Waals surface area contributed by atoms with Gasteiger partial charge in [-0.25, -0.2) is 18.7 Å². The van der Waals surface area contributed by atoms with Crippen molar-refractivity contribution in [1.82, 2.24) is 29.1 Å². The topological polar surface area (TPSA) is 103 Å². The lowest BCUT2D eigenvalue weighted by Gasteiger charge is -2.19. The van der Waals surface area contributed by atoms with E-state index >= 15 is 0 Å². The molecule has 4 aromatic heterocycles. The van der Waals surface area contributed by atoms with Gasteiger partial charge in [0.05, 0.1) is 42.2 Å². The molecule has 0 spiro atoms. The molecule has 1 aromatic carbocycles. The number of aliphatic hydroxyl groups is 1. The number of aromatic nitrogens is 6. The lowest BCUT2D eigenvalue weighted by Crippen LogP contribution is -2.30. The maximum atomic E-state index is 13.9. The van der Waals surface area contributed by atoms with Crippen LogP contribution in [0.5, 0.6) is 5.88 Å². The van der Waals surface area contributed by atoms with Crippen molar-refractivity contribution in [3.63, 3.8) is 0 Å². The zero-order valence-electron chi connectivity index (χ0n) is 19.3. The van der Waals surface area contributed by atoms with E-state index in [1.54, 1.807) is 24.6 Å². The minimum Gasteiger partial charge on any atom is -0.479 e. The van der Waals surface area contributed by atoms with Gasteiger partial charge in [0.2, 0.25) is 11.8 Å². The molecule has 0 aliphatic carbocycles. The van der Waals surface area contributed by atoms with Crippen molar-refractivity contribution < 1.29 is 18.6 Å². The van der Waals surface area contributed by atoms with Crippen LogP contribution < -0.4 is 10.1 Å². The number of hydrogen-bond donors (Lipinski definition) is 2. The second kappa shape index (κ2) is 8.58. The van der Waals surface area contributed by atoms with Crippen LogP contribution in [0.25, 0.3) is 27.9 Å². The van der Waals surface area contributed by atoms with Crippen LogP contribution in [0.4, 0.5) is 14.7 Å². The van der Waals surface area contributed by atoms with E-state index < -0.39 is 17.2 Å². The minimum atomic E-state index is -1.01. The number of ether oxygens (including phenoxy) is 1. The van der Waals surface area contributed by atoms with Gasteiger partial charge in [-0.05, 0) is 43.7 Å². The highest BCUT2D eigenvalue weighted by molar-refractivity contribution is 5.84. The third-order valence-corrected chi connectivity index (χ3v) is 5.44. The number of methoxy groups -OCH3 is 1. The van der Waals surface area contributed by atoms with E-state index in [9.17, 15) is 13.9 Å². The Morgan fingerprint density at radius 1 is 1.09 bits per heavy atom. The lowest BCUT2D eigenvalue weighted by atomic mass is 10.1. The molecule has 180 valence electrons. The molecule has 0 radical (unpaired) electrons. The van der Waals surface area contributed by atoms with Crippen molar-refractivity contribution in [2.45, 2.75) is 26.0 Å². The van der Waals surface area contributed by atoms with Gasteiger partial charge in [-0.1, -0.05) is 0 Å². The zero-order chi connectivity index (χ0) is 24.7. The maximum Gasteiger partial charge on any atom is 0.241 e. The van der Waals surface area contributed by atoms with Crippen LogP contribution in [0.1, 0.15) is 19.4 Å². The largest absolute Gasteiger partial charge is 0.479 e. The van der Waals surface area contributed by atoms with Gasteiger partial charge in [0.15, 0.2) is 5.65 Å². The molecule has 0 aliphatic heterocycles. The van der Waals surface area contributed by atoms with Gasteiger partial charge in [-0.15, -0.1) is 0 Å². The Hall–Kier alpha value is -4.12. The average molecular weight is 479 g/mol. The summed E-state index contributed by atoms with van der Waals surface area (Å²) in [5, 5.41) is 13.3. The van der Waals surface area contributed by atoms with Gasteiger partial charge < -0.3 is 24.3 Å². The Morgan fingerprint density at radius 3 is 2.57 bits per heavy atom. The van der Waals surface area contributed by atoms with Crippen LogP contribution in [0.3, 0.4) is 0 Å². The number of anilines is 1. The Kier molecular flexibility index (Phi) is 5.56. The number of halogens is 2. The molecule has 5 aromatic rings. The lowest BCUT2D eigenvalue weighted by molar-refractivity contribution is 0.0942. The van der Waals surface area contributed by atoms with E-state index in [4.69, 9.17) is 4.74 Å². The average Bonchev–Trinajstić information content (AvgIpc) is 3.38. The summed E-state index contributed by atoms with van der Waals surface area (Å²) in [6, 6.07) is 7.08. The van der Waals surface area contributed by atoms with Crippen LogP contribution in [0.2, 0.25) is 0 Å². The fraction of sp³-hybridized carbons (Fsp3) is 0.250. The van der Waals surface area contributed by atoms with E-state index in [0.29, 0.717) is 45.3 Å². The molecule has 5 rings (SSSR count). The Balaban J connectivity index is 1.65. The SMILES string of the molecule is COc1ncnc2ccn(-c3cnc4nc(NCC(C)(C)O)n(Cc5cc(F)cc(F)c5)c4c3)c12. The molecular formula is C24H23F2N7O2. The third-order valence-electron chi connectivity index (χ3n) is 5.44. The van der Waals surface area contributed by atoms with E-state index in [2.05, 4.69) is 25.3 Å². The number of fused-ring (bicyclic) bond motifs is 2. The number of pyridine rings is 1. The molecule has 0 saturated carbocycles. The molecule has 9 nitrogen and oxygen atoms in total. The summed E-state index contributed by atoms with van der Waals surface area (Å²) < 4.78 is 36.8. The molecular weight excluding hydrogens is 456 g/mol. The Labute approximate surface area is 199 Å². The van der Waals surface area contributed by atoms with Crippen molar-refractivity contribution in [3.05, 3.63) is 66.3 Å². The van der Waals surface area contributed by atoms with Gasteiger partial charge in [0, 0.05) is 18.8 Å². The van der Waals surface area contributed by atoms with E-state index in [1.807, 2.05) is 22.9 Å². The fourth-order valence-corrected chi connectivity index (χ4v) is 3.91. The molecule has 0 amide bonds. The normalized spacial score (nSPS) is 11.9. The predicted octanol–water partition coefficient (Wildman–Crippen LogP) is 3.68. The molecule has 35 heavy (non-hydrogen) atoms. The minimum absolute atomic E-state index is 0.128. The molecule has 0 atom stereocenters. The van der Waals surface area contributed by atoms with E-state index in [-0.39, 0.29) is 13.1 Å². The van der Waals surface area contributed by atoms with E-state index in [0.717, 1.165) is 6.07 Å². The molecule has 2 N–H and O–H groups in total.